The Morgan fingerprint density at radius 1 is 0.607 bits per heavy atom. The lowest BCUT2D eigenvalue weighted by atomic mass is 9.92. The molecule has 0 spiro atoms. The van der Waals surface area contributed by atoms with Gasteiger partial charge in [0.25, 0.3) is 0 Å². The molecule has 0 amide bonds. The predicted octanol–water partition coefficient (Wildman–Crippen LogP) is 6.67. The first kappa shape index (κ1) is 16.8. The Morgan fingerprint density at radius 3 is 2.04 bits per heavy atom. The molecule has 1 heterocycles. The average Bonchev–Trinajstić information content (AvgIpc) is 2.74. The molecule has 134 valence electrons. The van der Waals surface area contributed by atoms with E-state index in [-0.39, 0.29) is 5.43 Å². The van der Waals surface area contributed by atoms with Gasteiger partial charge >= 0.3 is 0 Å². The molecule has 0 aliphatic rings. The zero-order valence-corrected chi connectivity index (χ0v) is 15.7. The Labute approximate surface area is 167 Å². The monoisotopic (exact) mass is 381 g/mol. The number of benzene rings is 4. The Morgan fingerprint density at radius 2 is 1.25 bits per heavy atom. The molecule has 0 aliphatic carbocycles. The second-order valence-corrected chi connectivity index (χ2v) is 7.25. The Balaban J connectivity index is 1.89. The molecule has 0 saturated heterocycles. The topological polar surface area (TPSA) is 32.9 Å². The van der Waals surface area contributed by atoms with Gasteiger partial charge in [0.15, 0.2) is 5.43 Å². The summed E-state index contributed by atoms with van der Waals surface area (Å²) in [5.41, 5.74) is 5.92. The van der Waals surface area contributed by atoms with E-state index in [1.807, 2.05) is 72.8 Å². The van der Waals surface area contributed by atoms with Gasteiger partial charge in [0, 0.05) is 21.3 Å². The van der Waals surface area contributed by atoms with E-state index in [1.54, 1.807) is 0 Å². The highest BCUT2D eigenvalue weighted by Crippen LogP contribution is 2.35. The van der Waals surface area contributed by atoms with E-state index in [2.05, 4.69) is 23.2 Å². The molecule has 3 heteroatoms. The Kier molecular flexibility index (Phi) is 4.00. The molecule has 0 saturated carbocycles. The molecule has 5 rings (SSSR count). The maximum Gasteiger partial charge on any atom is 0.197 e. The molecule has 1 N–H and O–H groups in total. The zero-order chi connectivity index (χ0) is 19.1. The summed E-state index contributed by atoms with van der Waals surface area (Å²) in [6.07, 6.45) is 0. The van der Waals surface area contributed by atoms with Crippen LogP contribution in [0.2, 0.25) is 5.02 Å². The van der Waals surface area contributed by atoms with Crippen LogP contribution in [0.5, 0.6) is 0 Å². The van der Waals surface area contributed by atoms with E-state index in [1.165, 1.54) is 0 Å². The maximum absolute atomic E-state index is 13.1. The molecule has 1 aromatic heterocycles. The number of halogens is 1. The van der Waals surface area contributed by atoms with Gasteiger partial charge in [0.05, 0.1) is 5.52 Å². The molecule has 0 aliphatic heterocycles. The summed E-state index contributed by atoms with van der Waals surface area (Å²) in [6.45, 7) is 0. The predicted molar refractivity (Wildman–Crippen MR) is 118 cm³/mol. The van der Waals surface area contributed by atoms with Crippen molar-refractivity contribution >= 4 is 33.4 Å². The maximum atomic E-state index is 13.1. The average molecular weight is 382 g/mol. The van der Waals surface area contributed by atoms with Crippen molar-refractivity contribution in [1.29, 1.82) is 0 Å². The second kappa shape index (κ2) is 6.66. The lowest BCUT2D eigenvalue weighted by Crippen LogP contribution is -2.04. The summed E-state index contributed by atoms with van der Waals surface area (Å²) >= 11 is 6.09. The van der Waals surface area contributed by atoms with Crippen LogP contribution >= 0.6 is 11.6 Å². The van der Waals surface area contributed by atoms with Gasteiger partial charge in [-0.1, -0.05) is 66.2 Å². The summed E-state index contributed by atoms with van der Waals surface area (Å²) in [7, 11) is 0. The number of hydrogen-bond donors (Lipinski definition) is 1. The molecule has 0 unspecified atom stereocenters. The van der Waals surface area contributed by atoms with Crippen LogP contribution in [0.1, 0.15) is 0 Å². The summed E-state index contributed by atoms with van der Waals surface area (Å²) < 4.78 is 0. The quantitative estimate of drug-likeness (QED) is 0.340. The number of aromatic nitrogens is 1. The van der Waals surface area contributed by atoms with Gasteiger partial charge in [0.2, 0.25) is 0 Å². The van der Waals surface area contributed by atoms with Gasteiger partial charge in [0.1, 0.15) is 0 Å². The molecule has 0 atom stereocenters. The van der Waals surface area contributed by atoms with Crippen LogP contribution in [0.15, 0.2) is 95.8 Å². The van der Waals surface area contributed by atoms with Gasteiger partial charge in [-0.2, -0.15) is 0 Å². The molecule has 4 aromatic carbocycles. The minimum absolute atomic E-state index is 0.0455. The van der Waals surface area contributed by atoms with E-state index in [0.717, 1.165) is 33.3 Å². The number of nitrogens with one attached hydrogen (secondary N) is 1. The largest absolute Gasteiger partial charge is 0.354 e. The molecule has 0 radical (unpaired) electrons. The van der Waals surface area contributed by atoms with E-state index in [9.17, 15) is 4.79 Å². The standard InChI is InChI=1S/C25H16ClNO/c26-18-12-10-17(11-13-18)21-15-24-22(14-20(21)16-6-2-1-3-7-16)25(28)19-8-4-5-9-23(19)27-24/h1-15H,(H,27,28). The Hall–Kier alpha value is -3.36. The number of aromatic amines is 1. The molecule has 0 fully saturated rings. The third kappa shape index (κ3) is 2.79. The van der Waals surface area contributed by atoms with Gasteiger partial charge in [-0.25, -0.2) is 0 Å². The van der Waals surface area contributed by atoms with E-state index in [0.29, 0.717) is 15.8 Å². The molecular weight excluding hydrogens is 366 g/mol. The van der Waals surface area contributed by atoms with Crippen LogP contribution < -0.4 is 5.43 Å². The number of hydrogen-bond acceptors (Lipinski definition) is 1. The molecule has 2 nitrogen and oxygen atoms in total. The first-order valence-electron chi connectivity index (χ1n) is 9.11. The minimum atomic E-state index is 0.0455. The minimum Gasteiger partial charge on any atom is -0.354 e. The van der Waals surface area contributed by atoms with Crippen LogP contribution in [-0.2, 0) is 0 Å². The molecule has 28 heavy (non-hydrogen) atoms. The van der Waals surface area contributed by atoms with Crippen LogP contribution in [0, 0.1) is 0 Å². The lowest BCUT2D eigenvalue weighted by Gasteiger charge is -2.13. The number of para-hydroxylation sites is 1. The van der Waals surface area contributed by atoms with Crippen molar-refractivity contribution in [3.05, 3.63) is 106 Å². The van der Waals surface area contributed by atoms with Gasteiger partial charge < -0.3 is 4.98 Å². The van der Waals surface area contributed by atoms with E-state index in [4.69, 9.17) is 11.6 Å². The van der Waals surface area contributed by atoms with E-state index >= 15 is 0 Å². The first-order chi connectivity index (χ1) is 13.7. The second-order valence-electron chi connectivity index (χ2n) is 6.82. The third-order valence-electron chi connectivity index (χ3n) is 5.08. The normalized spacial score (nSPS) is 11.2. The SMILES string of the molecule is O=c1c2ccccc2[nH]c2cc(-c3ccc(Cl)cc3)c(-c3ccccc3)cc12. The van der Waals surface area contributed by atoms with Crippen LogP contribution in [0.25, 0.3) is 44.1 Å². The zero-order valence-electron chi connectivity index (χ0n) is 14.9. The highest BCUT2D eigenvalue weighted by Gasteiger charge is 2.13. The van der Waals surface area contributed by atoms with Gasteiger partial charge in [-0.15, -0.1) is 0 Å². The first-order valence-corrected chi connectivity index (χ1v) is 9.49. The van der Waals surface area contributed by atoms with Crippen molar-refractivity contribution in [2.75, 3.05) is 0 Å². The molecule has 5 aromatic rings. The van der Waals surface area contributed by atoms with Crippen molar-refractivity contribution in [2.45, 2.75) is 0 Å². The van der Waals surface area contributed by atoms with E-state index < -0.39 is 0 Å². The summed E-state index contributed by atoms with van der Waals surface area (Å²) in [5, 5.41) is 2.09. The molecular formula is C25H16ClNO. The fourth-order valence-corrected chi connectivity index (χ4v) is 3.82. The van der Waals surface area contributed by atoms with Crippen molar-refractivity contribution < 1.29 is 0 Å². The van der Waals surface area contributed by atoms with Crippen LogP contribution in [-0.4, -0.2) is 4.98 Å². The van der Waals surface area contributed by atoms with Crippen molar-refractivity contribution in [1.82, 2.24) is 4.98 Å². The lowest BCUT2D eigenvalue weighted by molar-refractivity contribution is 1.47. The summed E-state index contributed by atoms with van der Waals surface area (Å²) in [5.74, 6) is 0. The Bertz CT molecular complexity index is 1370. The summed E-state index contributed by atoms with van der Waals surface area (Å²) in [6, 6.07) is 29.6. The fourth-order valence-electron chi connectivity index (χ4n) is 3.70. The smallest absolute Gasteiger partial charge is 0.197 e. The van der Waals surface area contributed by atoms with Crippen LogP contribution in [0.3, 0.4) is 0 Å². The number of pyridine rings is 1. The number of H-pyrrole nitrogens is 1. The van der Waals surface area contributed by atoms with Gasteiger partial charge in [-0.3, -0.25) is 4.79 Å². The number of rotatable bonds is 2. The van der Waals surface area contributed by atoms with Crippen molar-refractivity contribution in [3.63, 3.8) is 0 Å². The highest BCUT2D eigenvalue weighted by atomic mass is 35.5. The van der Waals surface area contributed by atoms with Gasteiger partial charge in [-0.05, 0) is 58.7 Å². The van der Waals surface area contributed by atoms with Crippen molar-refractivity contribution in [2.24, 2.45) is 0 Å². The van der Waals surface area contributed by atoms with Crippen molar-refractivity contribution in [3.8, 4) is 22.3 Å². The number of fused-ring (bicyclic) bond motifs is 2. The molecule has 0 bridgehead atoms. The summed E-state index contributed by atoms with van der Waals surface area (Å²) in [4.78, 5) is 16.6. The third-order valence-corrected chi connectivity index (χ3v) is 5.34. The van der Waals surface area contributed by atoms with Crippen LogP contribution in [0.4, 0.5) is 0 Å². The fraction of sp³-hybridized carbons (Fsp3) is 0. The highest BCUT2D eigenvalue weighted by molar-refractivity contribution is 6.30.